The van der Waals surface area contributed by atoms with Gasteiger partial charge in [0.15, 0.2) is 0 Å². The van der Waals surface area contributed by atoms with Crippen LogP contribution in [-0.2, 0) is 17.6 Å². The van der Waals surface area contributed by atoms with Gasteiger partial charge in [0.1, 0.15) is 11.6 Å². The second-order valence-corrected chi connectivity index (χ2v) is 4.10. The minimum Gasteiger partial charge on any atom is -0.299 e. The van der Waals surface area contributed by atoms with E-state index in [1.807, 2.05) is 0 Å². The van der Waals surface area contributed by atoms with Crippen LogP contribution >= 0.6 is 15.9 Å². The molecule has 0 aromatic heterocycles. The van der Waals surface area contributed by atoms with E-state index >= 15 is 0 Å². The average Bonchev–Trinajstić information content (AvgIpc) is 2.08. The fourth-order valence-corrected chi connectivity index (χ4v) is 1.99. The minimum absolute atomic E-state index is 0.203. The molecule has 3 heteroatoms. The maximum Gasteiger partial charge on any atom is 0.137 e. The van der Waals surface area contributed by atoms with E-state index in [2.05, 4.69) is 15.9 Å². The zero-order valence-electron chi connectivity index (χ0n) is 6.94. The van der Waals surface area contributed by atoms with Crippen LogP contribution in [-0.4, -0.2) is 5.78 Å². The highest BCUT2D eigenvalue weighted by Crippen LogP contribution is 2.25. The van der Waals surface area contributed by atoms with Crippen LogP contribution < -0.4 is 0 Å². The summed E-state index contributed by atoms with van der Waals surface area (Å²) >= 11 is 3.13. The Morgan fingerprint density at radius 2 is 2.00 bits per heavy atom. The summed E-state index contributed by atoms with van der Waals surface area (Å²) in [6.45, 7) is 0. The van der Waals surface area contributed by atoms with Crippen molar-refractivity contribution in [2.24, 2.45) is 0 Å². The third-order valence-corrected chi connectivity index (χ3v) is 2.91. The van der Waals surface area contributed by atoms with E-state index in [0.717, 1.165) is 17.5 Å². The van der Waals surface area contributed by atoms with Gasteiger partial charge < -0.3 is 0 Å². The molecule has 0 saturated carbocycles. The van der Waals surface area contributed by atoms with Gasteiger partial charge in [0.2, 0.25) is 0 Å². The van der Waals surface area contributed by atoms with Gasteiger partial charge in [-0.15, -0.1) is 0 Å². The van der Waals surface area contributed by atoms with Crippen molar-refractivity contribution in [3.8, 4) is 0 Å². The summed E-state index contributed by atoms with van der Waals surface area (Å²) in [7, 11) is 0. The van der Waals surface area contributed by atoms with Gasteiger partial charge in [-0.05, 0) is 45.6 Å². The Morgan fingerprint density at radius 3 is 2.77 bits per heavy atom. The predicted octanol–water partition coefficient (Wildman–Crippen LogP) is 2.65. The van der Waals surface area contributed by atoms with Crippen molar-refractivity contribution in [3.63, 3.8) is 0 Å². The summed E-state index contributed by atoms with van der Waals surface area (Å²) in [5, 5.41) is 0. The van der Waals surface area contributed by atoms with E-state index in [4.69, 9.17) is 0 Å². The van der Waals surface area contributed by atoms with E-state index in [0.29, 0.717) is 17.3 Å². The number of hydrogen-bond acceptors (Lipinski definition) is 1. The number of halogens is 2. The van der Waals surface area contributed by atoms with Gasteiger partial charge in [0.05, 0.1) is 4.47 Å². The molecular weight excluding hydrogens is 235 g/mol. The summed E-state index contributed by atoms with van der Waals surface area (Å²) in [6, 6.07) is 3.23. The monoisotopic (exact) mass is 242 g/mol. The summed E-state index contributed by atoms with van der Waals surface area (Å²) in [6.07, 6.45) is 1.72. The molecule has 0 atom stereocenters. The number of aryl methyl sites for hydroxylation is 1. The van der Waals surface area contributed by atoms with Crippen molar-refractivity contribution in [3.05, 3.63) is 33.5 Å². The number of rotatable bonds is 0. The molecule has 0 fully saturated rings. The van der Waals surface area contributed by atoms with Crippen molar-refractivity contribution in [1.29, 1.82) is 0 Å². The van der Waals surface area contributed by atoms with Crippen molar-refractivity contribution in [2.45, 2.75) is 19.3 Å². The van der Waals surface area contributed by atoms with Gasteiger partial charge >= 0.3 is 0 Å². The lowest BCUT2D eigenvalue weighted by Crippen LogP contribution is -2.13. The van der Waals surface area contributed by atoms with Crippen LogP contribution in [0.4, 0.5) is 4.39 Å². The SMILES string of the molecule is O=C1CCc2cc(Br)c(F)cc2C1. The molecule has 13 heavy (non-hydrogen) atoms. The maximum absolute atomic E-state index is 13.1. The van der Waals surface area contributed by atoms with E-state index in [1.54, 1.807) is 6.07 Å². The molecule has 0 N–H and O–H groups in total. The Kier molecular flexibility index (Phi) is 2.20. The number of carbonyl (C=O) groups is 1. The first-order valence-electron chi connectivity index (χ1n) is 4.15. The van der Waals surface area contributed by atoms with Crippen molar-refractivity contribution >= 4 is 21.7 Å². The molecular formula is C10H8BrFO. The van der Waals surface area contributed by atoms with Gasteiger partial charge in [0, 0.05) is 12.8 Å². The third kappa shape index (κ3) is 1.66. The van der Waals surface area contributed by atoms with Crippen molar-refractivity contribution in [1.82, 2.24) is 0 Å². The second-order valence-electron chi connectivity index (χ2n) is 3.25. The molecule has 1 nitrogen and oxygen atoms in total. The van der Waals surface area contributed by atoms with Crippen molar-refractivity contribution in [2.75, 3.05) is 0 Å². The van der Waals surface area contributed by atoms with Crippen LogP contribution in [0.25, 0.3) is 0 Å². The number of fused-ring (bicyclic) bond motifs is 1. The standard InChI is InChI=1S/C10H8BrFO/c11-9-4-6-1-2-8(13)3-7(6)5-10(9)12/h4-5H,1-3H2. The Labute approximate surface area is 84.1 Å². The number of carbonyl (C=O) groups excluding carboxylic acids is 1. The van der Waals surface area contributed by atoms with Gasteiger partial charge in [0.25, 0.3) is 0 Å². The molecule has 0 spiro atoms. The molecule has 0 bridgehead atoms. The number of benzene rings is 1. The summed E-state index contributed by atoms with van der Waals surface area (Å²) < 4.78 is 13.6. The summed E-state index contributed by atoms with van der Waals surface area (Å²) in [4.78, 5) is 11.1. The molecule has 0 amide bonds. The first-order chi connectivity index (χ1) is 6.16. The molecule has 1 aromatic rings. The number of hydrogen-bond donors (Lipinski definition) is 0. The summed E-state index contributed by atoms with van der Waals surface area (Å²) in [5.41, 5.74) is 1.94. The predicted molar refractivity (Wildman–Crippen MR) is 51.1 cm³/mol. The molecule has 0 saturated heterocycles. The minimum atomic E-state index is -0.284. The molecule has 1 aliphatic carbocycles. The third-order valence-electron chi connectivity index (χ3n) is 2.30. The highest BCUT2D eigenvalue weighted by Gasteiger charge is 2.17. The lowest BCUT2D eigenvalue weighted by molar-refractivity contribution is -0.118. The normalized spacial score (nSPS) is 15.7. The molecule has 0 aliphatic heterocycles. The lowest BCUT2D eigenvalue weighted by Gasteiger charge is -2.14. The Hall–Kier alpha value is -0.700. The van der Waals surface area contributed by atoms with Crippen LogP contribution in [0.15, 0.2) is 16.6 Å². The molecule has 0 heterocycles. The molecule has 2 rings (SSSR count). The fraction of sp³-hybridized carbons (Fsp3) is 0.300. The van der Waals surface area contributed by atoms with Crippen LogP contribution in [0.5, 0.6) is 0 Å². The average molecular weight is 243 g/mol. The Balaban J connectivity index is 2.49. The van der Waals surface area contributed by atoms with E-state index in [-0.39, 0.29) is 11.6 Å². The first-order valence-corrected chi connectivity index (χ1v) is 4.94. The highest BCUT2D eigenvalue weighted by atomic mass is 79.9. The highest BCUT2D eigenvalue weighted by molar-refractivity contribution is 9.10. The van der Waals surface area contributed by atoms with Crippen LogP contribution in [0.1, 0.15) is 17.5 Å². The second kappa shape index (κ2) is 3.22. The molecule has 0 radical (unpaired) electrons. The van der Waals surface area contributed by atoms with Crippen LogP contribution in [0, 0.1) is 5.82 Å². The Morgan fingerprint density at radius 1 is 1.23 bits per heavy atom. The van der Waals surface area contributed by atoms with E-state index in [9.17, 15) is 9.18 Å². The number of Topliss-reactive ketones (excluding diaryl/α,β-unsaturated/α-hetero) is 1. The van der Waals surface area contributed by atoms with E-state index in [1.165, 1.54) is 6.07 Å². The lowest BCUT2D eigenvalue weighted by atomic mass is 9.91. The van der Waals surface area contributed by atoms with Crippen LogP contribution in [0.3, 0.4) is 0 Å². The largest absolute Gasteiger partial charge is 0.299 e. The molecule has 1 aromatic carbocycles. The van der Waals surface area contributed by atoms with Crippen LogP contribution in [0.2, 0.25) is 0 Å². The molecule has 68 valence electrons. The summed E-state index contributed by atoms with van der Waals surface area (Å²) in [5.74, 6) is -0.0809. The van der Waals surface area contributed by atoms with Gasteiger partial charge in [-0.2, -0.15) is 0 Å². The maximum atomic E-state index is 13.1. The van der Waals surface area contributed by atoms with Crippen molar-refractivity contribution < 1.29 is 9.18 Å². The smallest absolute Gasteiger partial charge is 0.137 e. The van der Waals surface area contributed by atoms with Gasteiger partial charge in [-0.3, -0.25) is 4.79 Å². The topological polar surface area (TPSA) is 17.1 Å². The Bertz CT molecular complexity index is 373. The van der Waals surface area contributed by atoms with Gasteiger partial charge in [-0.1, -0.05) is 0 Å². The fourth-order valence-electron chi connectivity index (χ4n) is 1.60. The number of ketones is 1. The molecule has 1 aliphatic rings. The zero-order valence-corrected chi connectivity index (χ0v) is 8.53. The van der Waals surface area contributed by atoms with Gasteiger partial charge in [-0.25, -0.2) is 4.39 Å². The first kappa shape index (κ1) is 8.88. The molecule has 0 unspecified atom stereocenters. The zero-order chi connectivity index (χ0) is 9.42. The van der Waals surface area contributed by atoms with E-state index < -0.39 is 0 Å². The quantitative estimate of drug-likeness (QED) is 0.684.